The first-order chi connectivity index (χ1) is 27.4. The van der Waals surface area contributed by atoms with Gasteiger partial charge in [0.05, 0.1) is 0 Å². The van der Waals surface area contributed by atoms with Gasteiger partial charge in [-0.15, -0.1) is 0 Å². The third-order valence-corrected chi connectivity index (χ3v) is 11.3. The molecule has 56 heavy (non-hydrogen) atoms. The summed E-state index contributed by atoms with van der Waals surface area (Å²) in [6.45, 7) is 8.95. The molecule has 0 rings (SSSR count). The predicted molar refractivity (Wildman–Crippen MR) is 238 cm³/mol. The zero-order valence-electron chi connectivity index (χ0n) is 38.1. The molecular weight excluding hydrogens is 697 g/mol. The second-order valence-electron chi connectivity index (χ2n) is 17.6. The molecule has 0 aromatic carbocycles. The molecule has 0 bridgehead atoms. The molecule has 0 unspecified atom stereocenters. The van der Waals surface area contributed by atoms with Crippen LogP contribution in [0.1, 0.15) is 278 Å². The van der Waals surface area contributed by atoms with Crippen molar-refractivity contribution in [3.05, 3.63) is 0 Å². The average Bonchev–Trinajstić information content (AvgIpc) is 3.18. The normalized spacial score (nSPS) is 11.9. The quantitative estimate of drug-likeness (QED) is 0.0347. The first kappa shape index (κ1) is 54.4. The Morgan fingerprint density at radius 3 is 0.875 bits per heavy atom. The lowest BCUT2D eigenvalue weighted by molar-refractivity contribution is -0.167. The number of hydrogen-bond donors (Lipinski definition) is 0. The molecule has 0 aliphatic heterocycles. The van der Waals surface area contributed by atoms with Gasteiger partial charge in [0.1, 0.15) is 13.2 Å². The molecule has 0 fully saturated rings. The van der Waals surface area contributed by atoms with Crippen molar-refractivity contribution in [2.24, 2.45) is 5.92 Å². The standard InChI is InChI=1S/C50H96O6/c1-5-7-9-11-13-15-17-19-20-21-22-23-25-26-28-33-37-41-48(51)54-44-47(45-55-49(52)42-38-34-31-30-32-36-40-46(3)4)56-50(53)43-39-35-29-27-24-18-16-14-12-10-8-6-2/h46-47H,5-45H2,1-4H3/t47-/m1/s1. The third kappa shape index (κ3) is 43.5. The van der Waals surface area contributed by atoms with Crippen molar-refractivity contribution in [1.29, 1.82) is 0 Å². The summed E-state index contributed by atoms with van der Waals surface area (Å²) in [7, 11) is 0. The Bertz CT molecular complexity index is 841. The van der Waals surface area contributed by atoms with E-state index in [1.54, 1.807) is 0 Å². The van der Waals surface area contributed by atoms with Gasteiger partial charge in [-0.1, -0.05) is 240 Å². The van der Waals surface area contributed by atoms with E-state index < -0.39 is 6.10 Å². The second kappa shape index (κ2) is 44.5. The zero-order valence-corrected chi connectivity index (χ0v) is 38.1. The van der Waals surface area contributed by atoms with Crippen LogP contribution >= 0.6 is 0 Å². The van der Waals surface area contributed by atoms with E-state index in [9.17, 15) is 14.4 Å². The summed E-state index contributed by atoms with van der Waals surface area (Å²) >= 11 is 0. The molecule has 332 valence electrons. The highest BCUT2D eigenvalue weighted by molar-refractivity contribution is 5.71. The monoisotopic (exact) mass is 793 g/mol. The van der Waals surface area contributed by atoms with Crippen LogP contribution in [-0.4, -0.2) is 37.2 Å². The Kier molecular flexibility index (Phi) is 43.2. The molecule has 0 N–H and O–H groups in total. The van der Waals surface area contributed by atoms with Gasteiger partial charge < -0.3 is 14.2 Å². The predicted octanol–water partition coefficient (Wildman–Crippen LogP) is 15.9. The lowest BCUT2D eigenvalue weighted by Gasteiger charge is -2.18. The Hall–Kier alpha value is -1.59. The van der Waals surface area contributed by atoms with Crippen molar-refractivity contribution in [2.75, 3.05) is 13.2 Å². The fourth-order valence-corrected chi connectivity index (χ4v) is 7.51. The van der Waals surface area contributed by atoms with Gasteiger partial charge in [-0.25, -0.2) is 0 Å². The van der Waals surface area contributed by atoms with Gasteiger partial charge in [0.2, 0.25) is 0 Å². The molecular formula is C50H96O6. The number of esters is 3. The van der Waals surface area contributed by atoms with Crippen LogP contribution in [0.4, 0.5) is 0 Å². The first-order valence-corrected chi connectivity index (χ1v) is 24.9. The Balaban J connectivity index is 4.25. The van der Waals surface area contributed by atoms with E-state index >= 15 is 0 Å². The molecule has 0 aromatic heterocycles. The van der Waals surface area contributed by atoms with Crippen molar-refractivity contribution in [1.82, 2.24) is 0 Å². The van der Waals surface area contributed by atoms with Gasteiger partial charge in [0.25, 0.3) is 0 Å². The van der Waals surface area contributed by atoms with Crippen molar-refractivity contribution >= 4 is 17.9 Å². The number of carbonyl (C=O) groups is 3. The zero-order chi connectivity index (χ0) is 41.0. The minimum absolute atomic E-state index is 0.0639. The second-order valence-corrected chi connectivity index (χ2v) is 17.6. The number of unbranched alkanes of at least 4 members (excludes halogenated alkanes) is 32. The van der Waals surface area contributed by atoms with E-state index in [1.165, 1.54) is 173 Å². The van der Waals surface area contributed by atoms with Crippen LogP contribution in [0.15, 0.2) is 0 Å². The minimum Gasteiger partial charge on any atom is -0.462 e. The van der Waals surface area contributed by atoms with Crippen LogP contribution in [-0.2, 0) is 28.6 Å². The van der Waals surface area contributed by atoms with E-state index in [2.05, 4.69) is 27.7 Å². The molecule has 1 atom stereocenters. The van der Waals surface area contributed by atoms with Crippen molar-refractivity contribution < 1.29 is 28.6 Å². The third-order valence-electron chi connectivity index (χ3n) is 11.3. The van der Waals surface area contributed by atoms with Crippen molar-refractivity contribution in [3.8, 4) is 0 Å². The molecule has 6 nitrogen and oxygen atoms in total. The summed E-state index contributed by atoms with van der Waals surface area (Å²) in [5.74, 6) is -0.0894. The largest absolute Gasteiger partial charge is 0.462 e. The molecule has 0 aliphatic carbocycles. The summed E-state index contributed by atoms with van der Waals surface area (Å²) in [6, 6.07) is 0. The van der Waals surface area contributed by atoms with Gasteiger partial charge >= 0.3 is 17.9 Å². The van der Waals surface area contributed by atoms with Crippen LogP contribution in [0.25, 0.3) is 0 Å². The first-order valence-electron chi connectivity index (χ1n) is 24.9. The van der Waals surface area contributed by atoms with E-state index in [0.717, 1.165) is 63.7 Å². The van der Waals surface area contributed by atoms with Crippen LogP contribution < -0.4 is 0 Å². The van der Waals surface area contributed by atoms with Crippen molar-refractivity contribution in [3.63, 3.8) is 0 Å². The Morgan fingerprint density at radius 1 is 0.339 bits per heavy atom. The molecule has 0 spiro atoms. The van der Waals surface area contributed by atoms with Crippen LogP contribution in [0, 0.1) is 5.92 Å². The molecule has 0 saturated carbocycles. The van der Waals surface area contributed by atoms with Crippen LogP contribution in [0.5, 0.6) is 0 Å². The van der Waals surface area contributed by atoms with Crippen molar-refractivity contribution in [2.45, 2.75) is 284 Å². The van der Waals surface area contributed by atoms with E-state index in [0.29, 0.717) is 19.3 Å². The van der Waals surface area contributed by atoms with E-state index in [-0.39, 0.29) is 31.1 Å². The smallest absolute Gasteiger partial charge is 0.306 e. The van der Waals surface area contributed by atoms with Crippen LogP contribution in [0.2, 0.25) is 0 Å². The summed E-state index contributed by atoms with van der Waals surface area (Å²) in [5.41, 5.74) is 0. The maximum atomic E-state index is 12.7. The fraction of sp³-hybridized carbons (Fsp3) is 0.940. The highest BCUT2D eigenvalue weighted by Crippen LogP contribution is 2.17. The highest BCUT2D eigenvalue weighted by atomic mass is 16.6. The lowest BCUT2D eigenvalue weighted by atomic mass is 10.0. The topological polar surface area (TPSA) is 78.9 Å². The van der Waals surface area contributed by atoms with Gasteiger partial charge in [-0.3, -0.25) is 14.4 Å². The molecule has 0 aliphatic rings. The lowest BCUT2D eigenvalue weighted by Crippen LogP contribution is -2.30. The minimum atomic E-state index is -0.760. The maximum Gasteiger partial charge on any atom is 0.306 e. The molecule has 0 aromatic rings. The molecule has 6 heteroatoms. The van der Waals surface area contributed by atoms with Gasteiger partial charge in [0, 0.05) is 19.3 Å². The summed E-state index contributed by atoms with van der Waals surface area (Å²) in [6.07, 6.45) is 45.3. The fourth-order valence-electron chi connectivity index (χ4n) is 7.51. The highest BCUT2D eigenvalue weighted by Gasteiger charge is 2.19. The van der Waals surface area contributed by atoms with E-state index in [1.807, 2.05) is 0 Å². The summed E-state index contributed by atoms with van der Waals surface area (Å²) < 4.78 is 16.7. The number of carbonyl (C=O) groups excluding carboxylic acids is 3. The summed E-state index contributed by atoms with van der Waals surface area (Å²) in [5, 5.41) is 0. The Morgan fingerprint density at radius 2 is 0.589 bits per heavy atom. The summed E-state index contributed by atoms with van der Waals surface area (Å²) in [4.78, 5) is 37.8. The molecule has 0 amide bonds. The molecule has 0 heterocycles. The van der Waals surface area contributed by atoms with E-state index in [4.69, 9.17) is 14.2 Å². The number of rotatable bonds is 45. The van der Waals surface area contributed by atoms with Gasteiger partial charge in [0.15, 0.2) is 6.10 Å². The molecule has 0 radical (unpaired) electrons. The molecule has 0 saturated heterocycles. The van der Waals surface area contributed by atoms with Crippen LogP contribution in [0.3, 0.4) is 0 Å². The van der Waals surface area contributed by atoms with Gasteiger partial charge in [-0.2, -0.15) is 0 Å². The number of hydrogen-bond acceptors (Lipinski definition) is 6. The number of ether oxygens (including phenoxy) is 3. The van der Waals surface area contributed by atoms with Gasteiger partial charge in [-0.05, 0) is 25.2 Å². The average molecular weight is 793 g/mol. The maximum absolute atomic E-state index is 12.7. The Labute approximate surface area is 348 Å². The SMILES string of the molecule is CCCCCCCCCCCCCCCCCCCC(=O)OC[C@H](COC(=O)CCCCCCCCC(C)C)OC(=O)CCCCCCCCCCCCCC.